The molecule has 0 bridgehead atoms. The average molecular weight is 389 g/mol. The van der Waals surface area contributed by atoms with E-state index in [2.05, 4.69) is 62.4 Å². The third kappa shape index (κ3) is 2.63. The zero-order valence-corrected chi connectivity index (χ0v) is 16.8. The Kier molecular flexibility index (Phi) is 3.59. The second-order valence-corrected chi connectivity index (χ2v) is 7.86. The Morgan fingerprint density at radius 1 is 0.700 bits per heavy atom. The van der Waals surface area contributed by atoms with Gasteiger partial charge in [0, 0.05) is 27.3 Å². The zero-order chi connectivity index (χ0) is 20.2. The molecule has 0 saturated heterocycles. The van der Waals surface area contributed by atoms with E-state index in [0.29, 0.717) is 5.71 Å². The normalized spacial score (nSPS) is 11.7. The number of nitrogens with zero attached hydrogens (tertiary/aromatic N) is 1. The summed E-state index contributed by atoms with van der Waals surface area (Å²) >= 11 is 0. The highest BCUT2D eigenvalue weighted by molar-refractivity contribution is 6.09. The van der Waals surface area contributed by atoms with Gasteiger partial charge in [-0.3, -0.25) is 0 Å². The average Bonchev–Trinajstić information content (AvgIpc) is 3.34. The molecule has 3 heterocycles. The molecule has 0 unspecified atom stereocenters. The van der Waals surface area contributed by atoms with Gasteiger partial charge in [0.1, 0.15) is 16.9 Å². The SMILES string of the molecule is Cc1cc(C)cc(-c2cc3ccc(-c4cccc5c4oc4ccccc45)nc3o2)c1. The Labute approximate surface area is 173 Å². The summed E-state index contributed by atoms with van der Waals surface area (Å²) < 4.78 is 12.3. The minimum atomic E-state index is 0.634. The van der Waals surface area contributed by atoms with Crippen LogP contribution < -0.4 is 0 Å². The topological polar surface area (TPSA) is 39.2 Å². The molecule has 6 aromatic rings. The van der Waals surface area contributed by atoms with Crippen LogP contribution in [0, 0.1) is 13.8 Å². The summed E-state index contributed by atoms with van der Waals surface area (Å²) in [5, 5.41) is 3.20. The molecule has 144 valence electrons. The van der Waals surface area contributed by atoms with Crippen molar-refractivity contribution in [2.75, 3.05) is 0 Å². The summed E-state index contributed by atoms with van der Waals surface area (Å²) in [5.74, 6) is 0.836. The van der Waals surface area contributed by atoms with E-state index in [9.17, 15) is 0 Å². The summed E-state index contributed by atoms with van der Waals surface area (Å²) in [4.78, 5) is 4.83. The molecule has 30 heavy (non-hydrogen) atoms. The van der Waals surface area contributed by atoms with Crippen LogP contribution in [0.2, 0.25) is 0 Å². The molecule has 0 N–H and O–H groups in total. The van der Waals surface area contributed by atoms with E-state index in [1.54, 1.807) is 0 Å². The Bertz CT molecular complexity index is 1550. The number of para-hydroxylation sites is 2. The van der Waals surface area contributed by atoms with Gasteiger partial charge < -0.3 is 8.83 Å². The van der Waals surface area contributed by atoms with E-state index in [1.165, 1.54) is 11.1 Å². The van der Waals surface area contributed by atoms with Crippen molar-refractivity contribution in [3.05, 3.63) is 90.0 Å². The van der Waals surface area contributed by atoms with Gasteiger partial charge in [-0.25, -0.2) is 4.98 Å². The molecular formula is C27H19NO2. The summed E-state index contributed by atoms with van der Waals surface area (Å²) in [7, 11) is 0. The van der Waals surface area contributed by atoms with E-state index in [0.717, 1.165) is 49.9 Å². The van der Waals surface area contributed by atoms with Crippen molar-refractivity contribution in [1.29, 1.82) is 0 Å². The number of benzene rings is 3. The van der Waals surface area contributed by atoms with Crippen molar-refractivity contribution in [2.24, 2.45) is 0 Å². The first-order valence-corrected chi connectivity index (χ1v) is 10.1. The number of fused-ring (bicyclic) bond motifs is 4. The van der Waals surface area contributed by atoms with Gasteiger partial charge in [-0.05, 0) is 56.3 Å². The Balaban J connectivity index is 1.52. The van der Waals surface area contributed by atoms with Gasteiger partial charge in [-0.2, -0.15) is 0 Å². The van der Waals surface area contributed by atoms with Crippen molar-refractivity contribution < 1.29 is 8.83 Å². The van der Waals surface area contributed by atoms with Crippen LogP contribution in [0.5, 0.6) is 0 Å². The van der Waals surface area contributed by atoms with Gasteiger partial charge in [-0.1, -0.05) is 47.5 Å². The smallest absolute Gasteiger partial charge is 0.227 e. The number of pyridine rings is 1. The van der Waals surface area contributed by atoms with Gasteiger partial charge in [0.05, 0.1) is 5.69 Å². The van der Waals surface area contributed by atoms with Crippen LogP contribution in [0.3, 0.4) is 0 Å². The van der Waals surface area contributed by atoms with Crippen LogP contribution >= 0.6 is 0 Å². The third-order valence-corrected chi connectivity index (χ3v) is 5.57. The highest BCUT2D eigenvalue weighted by Crippen LogP contribution is 2.36. The maximum absolute atomic E-state index is 6.18. The molecule has 0 atom stereocenters. The fraction of sp³-hybridized carbons (Fsp3) is 0.0741. The van der Waals surface area contributed by atoms with E-state index < -0.39 is 0 Å². The van der Waals surface area contributed by atoms with Crippen LogP contribution in [0.1, 0.15) is 11.1 Å². The molecule has 0 radical (unpaired) electrons. The molecule has 0 amide bonds. The first-order chi connectivity index (χ1) is 14.7. The van der Waals surface area contributed by atoms with Crippen LogP contribution in [0.4, 0.5) is 0 Å². The fourth-order valence-electron chi connectivity index (χ4n) is 4.28. The number of hydrogen-bond donors (Lipinski definition) is 0. The van der Waals surface area contributed by atoms with E-state index in [4.69, 9.17) is 13.8 Å². The van der Waals surface area contributed by atoms with Crippen molar-refractivity contribution >= 4 is 33.0 Å². The molecule has 3 nitrogen and oxygen atoms in total. The number of furan rings is 2. The van der Waals surface area contributed by atoms with Crippen LogP contribution in [-0.4, -0.2) is 4.98 Å². The van der Waals surface area contributed by atoms with Crippen molar-refractivity contribution in [2.45, 2.75) is 13.8 Å². The Morgan fingerprint density at radius 2 is 1.50 bits per heavy atom. The molecule has 0 aliphatic carbocycles. The second-order valence-electron chi connectivity index (χ2n) is 7.86. The van der Waals surface area contributed by atoms with Gasteiger partial charge in [0.25, 0.3) is 0 Å². The standard InChI is InChI=1S/C27H19NO2/c1-16-12-17(2)14-19(13-16)25-15-18-10-11-23(28-27(18)30-25)22-8-5-7-21-20-6-3-4-9-24(20)29-26(21)22/h3-15H,1-2H3. The summed E-state index contributed by atoms with van der Waals surface area (Å²) in [5.41, 5.74) is 7.69. The lowest BCUT2D eigenvalue weighted by Crippen LogP contribution is -1.83. The molecular weight excluding hydrogens is 370 g/mol. The largest absolute Gasteiger partial charge is 0.455 e. The number of aryl methyl sites for hydroxylation is 2. The van der Waals surface area contributed by atoms with E-state index in [-0.39, 0.29) is 0 Å². The number of rotatable bonds is 2. The maximum atomic E-state index is 6.18. The molecule has 0 fully saturated rings. The van der Waals surface area contributed by atoms with Gasteiger partial charge in [0.2, 0.25) is 5.71 Å². The first kappa shape index (κ1) is 17.0. The van der Waals surface area contributed by atoms with Crippen molar-refractivity contribution in [3.8, 4) is 22.6 Å². The molecule has 0 aliphatic heterocycles. The lowest BCUT2D eigenvalue weighted by molar-refractivity contribution is 0.618. The summed E-state index contributed by atoms with van der Waals surface area (Å²) in [6.07, 6.45) is 0. The molecule has 3 heteroatoms. The van der Waals surface area contributed by atoms with E-state index in [1.807, 2.05) is 30.3 Å². The molecule has 0 saturated carbocycles. The third-order valence-electron chi connectivity index (χ3n) is 5.57. The van der Waals surface area contributed by atoms with Crippen molar-refractivity contribution in [3.63, 3.8) is 0 Å². The molecule has 3 aromatic carbocycles. The molecule has 6 rings (SSSR count). The predicted octanol–water partition coefficient (Wildman–Crippen LogP) is 7.68. The van der Waals surface area contributed by atoms with Gasteiger partial charge in [-0.15, -0.1) is 0 Å². The number of aromatic nitrogens is 1. The monoisotopic (exact) mass is 389 g/mol. The number of hydrogen-bond acceptors (Lipinski definition) is 3. The van der Waals surface area contributed by atoms with Gasteiger partial charge in [0.15, 0.2) is 0 Å². The van der Waals surface area contributed by atoms with Crippen LogP contribution in [0.25, 0.3) is 55.6 Å². The van der Waals surface area contributed by atoms with Crippen LogP contribution in [-0.2, 0) is 0 Å². The van der Waals surface area contributed by atoms with Crippen LogP contribution in [0.15, 0.2) is 87.7 Å². The predicted molar refractivity (Wildman–Crippen MR) is 122 cm³/mol. The lowest BCUT2D eigenvalue weighted by Gasteiger charge is -2.02. The summed E-state index contributed by atoms with van der Waals surface area (Å²) in [6, 6.07) is 26.9. The fourth-order valence-corrected chi connectivity index (χ4v) is 4.28. The molecule has 0 spiro atoms. The van der Waals surface area contributed by atoms with Crippen molar-refractivity contribution in [1.82, 2.24) is 4.98 Å². The highest BCUT2D eigenvalue weighted by atomic mass is 16.3. The van der Waals surface area contributed by atoms with Gasteiger partial charge >= 0.3 is 0 Å². The lowest BCUT2D eigenvalue weighted by atomic mass is 10.1. The second kappa shape index (κ2) is 6.33. The zero-order valence-electron chi connectivity index (χ0n) is 16.8. The molecule has 3 aromatic heterocycles. The summed E-state index contributed by atoms with van der Waals surface area (Å²) in [6.45, 7) is 4.20. The maximum Gasteiger partial charge on any atom is 0.227 e. The molecule has 0 aliphatic rings. The highest BCUT2D eigenvalue weighted by Gasteiger charge is 2.15. The minimum absolute atomic E-state index is 0.634. The minimum Gasteiger partial charge on any atom is -0.455 e. The van der Waals surface area contributed by atoms with E-state index >= 15 is 0 Å². The Hall–Kier alpha value is -3.85. The quantitative estimate of drug-likeness (QED) is 0.305. The first-order valence-electron chi connectivity index (χ1n) is 10.1. The Morgan fingerprint density at radius 3 is 2.37 bits per heavy atom.